The van der Waals surface area contributed by atoms with Gasteiger partial charge in [-0.05, 0) is 13.1 Å². The highest BCUT2D eigenvalue weighted by Gasteiger charge is 2.44. The Bertz CT molecular complexity index is 1030. The van der Waals surface area contributed by atoms with Crippen LogP contribution in [0.15, 0.2) is 24.4 Å². The molecule has 0 bridgehead atoms. The van der Waals surface area contributed by atoms with E-state index >= 15 is 0 Å². The minimum absolute atomic E-state index is 0.0316. The second kappa shape index (κ2) is 8.77. The number of likely N-dealkylation sites (N-methyl/N-ethyl adjacent to an activating group) is 1. The number of methoxy groups -OCH3 is 1. The Balaban J connectivity index is 1.71. The zero-order valence-corrected chi connectivity index (χ0v) is 18.1. The van der Waals surface area contributed by atoms with Crippen molar-refractivity contribution in [3.05, 3.63) is 47.2 Å². The molecule has 3 heterocycles. The quantitative estimate of drug-likeness (QED) is 0.639. The van der Waals surface area contributed by atoms with E-state index in [1.165, 1.54) is 19.4 Å². The molecule has 2 aliphatic heterocycles. The number of pyridine rings is 1. The summed E-state index contributed by atoms with van der Waals surface area (Å²) < 4.78 is 76.6. The number of hydrogen-bond acceptors (Lipinski definition) is 5. The van der Waals surface area contributed by atoms with Crippen LogP contribution in [0.4, 0.5) is 33.5 Å². The zero-order chi connectivity index (χ0) is 23.9. The number of aromatic nitrogens is 1. The molecule has 1 unspecified atom stereocenters. The normalized spacial score (nSPS) is 20.0. The van der Waals surface area contributed by atoms with E-state index in [1.54, 1.807) is 4.90 Å². The molecule has 0 aliphatic carbocycles. The van der Waals surface area contributed by atoms with Gasteiger partial charge in [0.2, 0.25) is 5.91 Å². The lowest BCUT2D eigenvalue weighted by molar-refractivity contribution is -0.136. The van der Waals surface area contributed by atoms with E-state index < -0.39 is 41.0 Å². The fourth-order valence-electron chi connectivity index (χ4n) is 4.40. The van der Waals surface area contributed by atoms with Gasteiger partial charge >= 0.3 is 6.18 Å². The SMILES string of the molecule is COc1cc(F)c(C2CC(=O)N(c3nccc(N4CCN(C)CC4)c3C(F)(F)F)C2)c(F)c1. The van der Waals surface area contributed by atoms with Crippen molar-refractivity contribution in [2.24, 2.45) is 0 Å². The molecule has 0 saturated carbocycles. The highest BCUT2D eigenvalue weighted by Crippen LogP contribution is 2.44. The predicted molar refractivity (Wildman–Crippen MR) is 112 cm³/mol. The third-order valence-corrected chi connectivity index (χ3v) is 6.11. The van der Waals surface area contributed by atoms with Crippen LogP contribution in [0.25, 0.3) is 0 Å². The lowest BCUT2D eigenvalue weighted by atomic mass is 9.97. The fraction of sp³-hybridized carbons (Fsp3) is 0.455. The van der Waals surface area contributed by atoms with Crippen LogP contribution in [0.5, 0.6) is 5.75 Å². The van der Waals surface area contributed by atoms with Crippen molar-refractivity contribution in [1.82, 2.24) is 9.88 Å². The highest BCUT2D eigenvalue weighted by molar-refractivity contribution is 5.97. The van der Waals surface area contributed by atoms with Crippen molar-refractivity contribution in [1.29, 1.82) is 0 Å². The summed E-state index contributed by atoms with van der Waals surface area (Å²) in [5.41, 5.74) is -1.42. The Morgan fingerprint density at radius 1 is 1.09 bits per heavy atom. The molecule has 0 radical (unpaired) electrons. The molecule has 6 nitrogen and oxygen atoms in total. The van der Waals surface area contributed by atoms with Crippen molar-refractivity contribution in [3.8, 4) is 5.75 Å². The van der Waals surface area contributed by atoms with E-state index in [2.05, 4.69) is 4.98 Å². The molecule has 1 atom stereocenters. The molecule has 1 aromatic heterocycles. The van der Waals surface area contributed by atoms with Gasteiger partial charge in [0.05, 0.1) is 12.8 Å². The van der Waals surface area contributed by atoms with E-state index in [-0.39, 0.29) is 30.0 Å². The molecule has 2 aromatic rings. The zero-order valence-electron chi connectivity index (χ0n) is 18.1. The maximum atomic E-state index is 14.6. The van der Waals surface area contributed by atoms with Crippen molar-refractivity contribution in [3.63, 3.8) is 0 Å². The van der Waals surface area contributed by atoms with Gasteiger partial charge in [-0.2, -0.15) is 13.2 Å². The van der Waals surface area contributed by atoms with Gasteiger partial charge < -0.3 is 14.5 Å². The molecule has 1 aromatic carbocycles. The smallest absolute Gasteiger partial charge is 0.421 e. The number of piperazine rings is 1. The average molecular weight is 470 g/mol. The number of benzene rings is 1. The summed E-state index contributed by atoms with van der Waals surface area (Å²) in [6.45, 7) is 1.65. The minimum Gasteiger partial charge on any atom is -0.497 e. The number of carbonyl (C=O) groups excluding carboxylic acids is 1. The van der Waals surface area contributed by atoms with Gasteiger partial charge in [0, 0.05) is 69.0 Å². The average Bonchev–Trinajstić information content (AvgIpc) is 3.13. The van der Waals surface area contributed by atoms with Crippen molar-refractivity contribution in [2.45, 2.75) is 18.5 Å². The number of amides is 1. The van der Waals surface area contributed by atoms with Crippen LogP contribution < -0.4 is 14.5 Å². The molecule has 178 valence electrons. The van der Waals surface area contributed by atoms with Crippen LogP contribution in [0.1, 0.15) is 23.5 Å². The number of ether oxygens (including phenoxy) is 1. The molecule has 0 spiro atoms. The highest BCUT2D eigenvalue weighted by atomic mass is 19.4. The van der Waals surface area contributed by atoms with E-state index in [1.807, 2.05) is 11.9 Å². The van der Waals surface area contributed by atoms with Crippen molar-refractivity contribution >= 4 is 17.4 Å². The lowest BCUT2D eigenvalue weighted by Gasteiger charge is -2.36. The summed E-state index contributed by atoms with van der Waals surface area (Å²) in [5.74, 6) is -4.04. The largest absolute Gasteiger partial charge is 0.497 e. The van der Waals surface area contributed by atoms with Crippen LogP contribution in [-0.2, 0) is 11.0 Å². The number of halogens is 5. The summed E-state index contributed by atoms with van der Waals surface area (Å²) in [6.07, 6.45) is -3.89. The maximum absolute atomic E-state index is 14.6. The maximum Gasteiger partial charge on any atom is 0.421 e. The second-order valence-electron chi connectivity index (χ2n) is 8.23. The van der Waals surface area contributed by atoms with Gasteiger partial charge in [-0.15, -0.1) is 0 Å². The van der Waals surface area contributed by atoms with Crippen LogP contribution >= 0.6 is 0 Å². The van der Waals surface area contributed by atoms with Crippen LogP contribution in [0, 0.1) is 11.6 Å². The first-order valence-electron chi connectivity index (χ1n) is 10.4. The standard InChI is InChI=1S/C22H23F5N4O2/c1-29-5-7-30(8-6-29)17-3-4-28-21(20(17)22(25,26)27)31-12-13(9-18(31)32)19-15(23)10-14(33-2)11-16(19)24/h3-4,10-11,13H,5-9,12H2,1-2H3. The third-order valence-electron chi connectivity index (χ3n) is 6.11. The molecule has 1 amide bonds. The van der Waals surface area contributed by atoms with Gasteiger partial charge in [-0.1, -0.05) is 0 Å². The molecule has 0 N–H and O–H groups in total. The van der Waals surface area contributed by atoms with Crippen LogP contribution in [-0.4, -0.2) is 62.7 Å². The van der Waals surface area contributed by atoms with Gasteiger partial charge in [0.15, 0.2) is 0 Å². The second-order valence-corrected chi connectivity index (χ2v) is 8.23. The van der Waals surface area contributed by atoms with E-state index in [4.69, 9.17) is 4.74 Å². The van der Waals surface area contributed by atoms with E-state index in [9.17, 15) is 26.7 Å². The molecule has 2 aliphatic rings. The van der Waals surface area contributed by atoms with E-state index in [0.29, 0.717) is 26.2 Å². The summed E-state index contributed by atoms with van der Waals surface area (Å²) in [5, 5.41) is 0. The Morgan fingerprint density at radius 2 is 1.73 bits per heavy atom. The first kappa shape index (κ1) is 23.2. The number of hydrogen-bond donors (Lipinski definition) is 0. The number of carbonyl (C=O) groups is 1. The Morgan fingerprint density at radius 3 is 2.30 bits per heavy atom. The Hall–Kier alpha value is -2.95. The fourth-order valence-corrected chi connectivity index (χ4v) is 4.40. The van der Waals surface area contributed by atoms with Crippen molar-refractivity contribution in [2.75, 3.05) is 56.7 Å². The molecular weight excluding hydrogens is 447 g/mol. The van der Waals surface area contributed by atoms with E-state index in [0.717, 1.165) is 17.0 Å². The molecule has 11 heteroatoms. The Kier molecular flexibility index (Phi) is 6.17. The summed E-state index contributed by atoms with van der Waals surface area (Å²) >= 11 is 0. The number of nitrogens with zero attached hydrogens (tertiary/aromatic N) is 4. The minimum atomic E-state index is -4.78. The number of anilines is 2. The Labute approximate surface area is 187 Å². The van der Waals surface area contributed by atoms with Crippen LogP contribution in [0.2, 0.25) is 0 Å². The first-order chi connectivity index (χ1) is 15.6. The molecule has 2 fully saturated rings. The predicted octanol–water partition coefficient (Wildman–Crippen LogP) is 3.66. The van der Waals surface area contributed by atoms with Gasteiger partial charge in [-0.25, -0.2) is 13.8 Å². The lowest BCUT2D eigenvalue weighted by Crippen LogP contribution is -2.45. The molecule has 33 heavy (non-hydrogen) atoms. The number of rotatable bonds is 4. The van der Waals surface area contributed by atoms with Gasteiger partial charge in [0.25, 0.3) is 0 Å². The van der Waals surface area contributed by atoms with Crippen LogP contribution in [0.3, 0.4) is 0 Å². The summed E-state index contributed by atoms with van der Waals surface area (Å²) in [6, 6.07) is 3.26. The summed E-state index contributed by atoms with van der Waals surface area (Å²) in [4.78, 5) is 21.1. The number of alkyl halides is 3. The molecular formula is C22H23F5N4O2. The topological polar surface area (TPSA) is 48.9 Å². The summed E-state index contributed by atoms with van der Waals surface area (Å²) in [7, 11) is 3.15. The van der Waals surface area contributed by atoms with Crippen molar-refractivity contribution < 1.29 is 31.5 Å². The first-order valence-corrected chi connectivity index (χ1v) is 10.4. The third kappa shape index (κ3) is 4.46. The molecule has 4 rings (SSSR count). The monoisotopic (exact) mass is 470 g/mol. The molecule has 2 saturated heterocycles. The van der Waals surface area contributed by atoms with Gasteiger partial charge in [0.1, 0.15) is 28.8 Å². The van der Waals surface area contributed by atoms with Gasteiger partial charge in [-0.3, -0.25) is 9.69 Å².